The van der Waals surface area contributed by atoms with Crippen molar-refractivity contribution in [2.24, 2.45) is 11.3 Å². The number of benzene rings is 3. The van der Waals surface area contributed by atoms with Gasteiger partial charge in [-0.25, -0.2) is 9.97 Å². The molecule has 72 heavy (non-hydrogen) atoms. The van der Waals surface area contributed by atoms with E-state index in [9.17, 15) is 37.5 Å². The van der Waals surface area contributed by atoms with Crippen LogP contribution in [0.5, 0.6) is 11.5 Å². The van der Waals surface area contributed by atoms with Crippen LogP contribution in [-0.2, 0) is 20.6 Å². The fourth-order valence-corrected chi connectivity index (χ4v) is 11.2. The number of halogens is 3. The zero-order valence-electron chi connectivity index (χ0n) is 40.9. The standard InChI is InChI=1S/C52H61F3N10O7/c1-29(32-18-33(52(53,54)55)20-34(56)19-32)57-47-38-21-44(43(71-4)22-39(38)58-30(2)59-47)72-28-51(13-14-51)27-61(3)49(69)31-10-15-62(16-11-31)35-23-63(24-35)36-25-64(26-36)40-7-5-6-37-46(40)41(12-17-66)65(50(37)70)42-8-9-45(67)60-48(42)68/h5-7,12,18-22,29,31,35-36,42,66H,8-11,13-17,23-28,56H2,1-4H3,(H,57,58,59)(H,60,67,68)/b41-12-/t29-,42?/m1/s1. The lowest BCUT2D eigenvalue weighted by atomic mass is 9.91. The number of ether oxygens (including phenoxy) is 2. The minimum atomic E-state index is -4.55. The largest absolute Gasteiger partial charge is 0.493 e. The topological polar surface area (TPSA) is 199 Å². The van der Waals surface area contributed by atoms with Gasteiger partial charge in [-0.1, -0.05) is 6.07 Å². The fraction of sp³-hybridized carbons (Fsp3) is 0.500. The highest BCUT2D eigenvalue weighted by Gasteiger charge is 2.48. The number of nitrogen functional groups attached to an aromatic ring is 1. The van der Waals surface area contributed by atoms with Crippen molar-refractivity contribution in [3.63, 3.8) is 0 Å². The number of nitrogens with one attached hydrogen (secondary N) is 2. The van der Waals surface area contributed by atoms with Gasteiger partial charge in [-0.05, 0) is 107 Å². The molecule has 1 aliphatic carbocycles. The first-order chi connectivity index (χ1) is 34.4. The number of amides is 4. The normalized spacial score (nSPS) is 21.9. The lowest BCUT2D eigenvalue weighted by Gasteiger charge is -2.55. The maximum Gasteiger partial charge on any atom is 0.416 e. The highest BCUT2D eigenvalue weighted by Crippen LogP contribution is 2.48. The number of aryl methyl sites for hydroxylation is 1. The quantitative estimate of drug-likeness (QED) is 0.0894. The van der Waals surface area contributed by atoms with Crippen LogP contribution in [-0.4, -0.2) is 150 Å². The average molecular weight is 995 g/mol. The summed E-state index contributed by atoms with van der Waals surface area (Å²) < 4.78 is 53.1. The Bertz CT molecular complexity index is 2840. The van der Waals surface area contributed by atoms with Crippen LogP contribution in [0.4, 0.5) is 30.4 Å². The molecule has 1 unspecified atom stereocenters. The second-order valence-electron chi connectivity index (χ2n) is 20.5. The second kappa shape index (κ2) is 19.2. The van der Waals surface area contributed by atoms with Gasteiger partial charge < -0.3 is 35.4 Å². The van der Waals surface area contributed by atoms with Gasteiger partial charge >= 0.3 is 6.18 Å². The van der Waals surface area contributed by atoms with Crippen LogP contribution in [0.15, 0.2) is 54.6 Å². The van der Waals surface area contributed by atoms with E-state index in [1.165, 1.54) is 11.0 Å². The maximum atomic E-state index is 13.9. The molecule has 17 nitrogen and oxygen atoms in total. The Morgan fingerprint density at radius 3 is 2.43 bits per heavy atom. The molecule has 1 aromatic heterocycles. The molecule has 4 aromatic rings. The molecule has 5 aliphatic heterocycles. The van der Waals surface area contributed by atoms with Crippen molar-refractivity contribution >= 4 is 57.4 Å². The zero-order valence-corrected chi connectivity index (χ0v) is 40.9. The summed E-state index contributed by atoms with van der Waals surface area (Å²) in [4.78, 5) is 72.1. The van der Waals surface area contributed by atoms with Crippen LogP contribution < -0.4 is 30.7 Å². The molecular formula is C52H61F3N10O7. The monoisotopic (exact) mass is 994 g/mol. The van der Waals surface area contributed by atoms with Crippen molar-refractivity contribution in [2.75, 3.05) is 89.1 Å². The van der Waals surface area contributed by atoms with Gasteiger partial charge in [0.2, 0.25) is 17.7 Å². The number of alkyl halides is 3. The number of methoxy groups -OCH3 is 1. The first kappa shape index (κ1) is 49.1. The van der Waals surface area contributed by atoms with Crippen LogP contribution in [0, 0.1) is 18.3 Å². The van der Waals surface area contributed by atoms with Gasteiger partial charge in [0.15, 0.2) is 11.5 Å². The number of carbonyl (C=O) groups excluding carboxylic acids is 4. The first-order valence-corrected chi connectivity index (χ1v) is 24.8. The average Bonchev–Trinajstić information content (AvgIpc) is 4.03. The van der Waals surface area contributed by atoms with Crippen LogP contribution >= 0.6 is 0 Å². The number of rotatable bonds is 15. The van der Waals surface area contributed by atoms with Gasteiger partial charge in [0.05, 0.1) is 48.7 Å². The number of anilines is 3. The number of likely N-dealkylation sites (tertiary alicyclic amines) is 2. The van der Waals surface area contributed by atoms with E-state index in [4.69, 9.17) is 15.2 Å². The molecule has 4 saturated heterocycles. The molecule has 382 valence electrons. The van der Waals surface area contributed by atoms with Crippen molar-refractivity contribution < 1.29 is 46.9 Å². The summed E-state index contributed by atoms with van der Waals surface area (Å²) in [5, 5.41) is 16.2. The number of aliphatic hydroxyl groups excluding tert-OH is 1. The minimum Gasteiger partial charge on any atom is -0.493 e. The fourth-order valence-electron chi connectivity index (χ4n) is 11.2. The highest BCUT2D eigenvalue weighted by atomic mass is 19.4. The van der Waals surface area contributed by atoms with Gasteiger partial charge in [-0.15, -0.1) is 0 Å². The van der Waals surface area contributed by atoms with E-state index >= 15 is 0 Å². The number of aliphatic hydroxyl groups is 1. The summed E-state index contributed by atoms with van der Waals surface area (Å²) in [7, 11) is 3.43. The SMILES string of the molecule is COc1cc2nc(C)nc(N[C@H](C)c3cc(N)cc(C(F)(F)F)c3)c2cc1OCC1(CN(C)C(=O)C2CCN(C3CN(C4CN(c5cccc6c5/C(=C/CO)N(C5CCC(=O)NC5=O)C6=O)C4)C3)CC2)CC1. The Hall–Kier alpha value is -6.51. The molecule has 0 bridgehead atoms. The van der Waals surface area contributed by atoms with Gasteiger partial charge in [-0.2, -0.15) is 13.2 Å². The lowest BCUT2D eigenvalue weighted by Crippen LogP contribution is -2.70. The molecule has 20 heteroatoms. The number of hydrogen-bond donors (Lipinski definition) is 4. The van der Waals surface area contributed by atoms with Crippen molar-refractivity contribution in [3.05, 3.63) is 82.7 Å². The highest BCUT2D eigenvalue weighted by molar-refractivity contribution is 6.14. The molecule has 0 spiro atoms. The summed E-state index contributed by atoms with van der Waals surface area (Å²) in [5.74, 6) is 0.752. The number of nitrogens with two attached hydrogens (primary N) is 1. The van der Waals surface area contributed by atoms with Crippen molar-refractivity contribution in [1.29, 1.82) is 0 Å². The molecule has 10 rings (SSSR count). The number of carbonyl (C=O) groups is 4. The number of piperidine rings is 2. The van der Waals surface area contributed by atoms with E-state index in [0.717, 1.165) is 82.8 Å². The van der Waals surface area contributed by atoms with Gasteiger partial charge in [0.25, 0.3) is 5.91 Å². The maximum absolute atomic E-state index is 13.9. The first-order valence-electron chi connectivity index (χ1n) is 24.8. The molecule has 5 N–H and O–H groups in total. The van der Waals surface area contributed by atoms with E-state index in [2.05, 4.69) is 35.3 Å². The third-order valence-corrected chi connectivity index (χ3v) is 15.5. The van der Waals surface area contributed by atoms with Crippen LogP contribution in [0.3, 0.4) is 0 Å². The predicted molar refractivity (Wildman–Crippen MR) is 263 cm³/mol. The van der Waals surface area contributed by atoms with Crippen molar-refractivity contribution in [1.82, 2.24) is 34.9 Å². The number of fused-ring (bicyclic) bond motifs is 2. The number of hydrogen-bond acceptors (Lipinski definition) is 14. The number of imide groups is 1. The van der Waals surface area contributed by atoms with Crippen molar-refractivity contribution in [2.45, 2.75) is 82.7 Å². The number of aromatic nitrogens is 2. The van der Waals surface area contributed by atoms with Gasteiger partial charge in [0, 0.05) is 98.0 Å². The minimum absolute atomic E-state index is 0.00823. The summed E-state index contributed by atoms with van der Waals surface area (Å²) in [6.07, 6.45) is 0.777. The van der Waals surface area contributed by atoms with Gasteiger partial charge in [0.1, 0.15) is 17.7 Å². The Balaban J connectivity index is 0.703. The molecule has 5 fully saturated rings. The number of nitrogens with zero attached hydrogens (tertiary/aromatic N) is 7. The lowest BCUT2D eigenvalue weighted by molar-refractivity contribution is -0.138. The Morgan fingerprint density at radius 2 is 1.75 bits per heavy atom. The molecule has 1 saturated carbocycles. The van der Waals surface area contributed by atoms with Crippen LogP contribution in [0.2, 0.25) is 0 Å². The second-order valence-corrected chi connectivity index (χ2v) is 20.5. The van der Waals surface area contributed by atoms with Crippen molar-refractivity contribution in [3.8, 4) is 11.5 Å². The van der Waals surface area contributed by atoms with Crippen LogP contribution in [0.25, 0.3) is 16.6 Å². The molecule has 3 aromatic carbocycles. The predicted octanol–water partition coefficient (Wildman–Crippen LogP) is 5.22. The summed E-state index contributed by atoms with van der Waals surface area (Å²) >= 11 is 0. The summed E-state index contributed by atoms with van der Waals surface area (Å²) in [5.41, 5.74) is 8.35. The molecule has 2 atom stereocenters. The Kier molecular flexibility index (Phi) is 13.1. The molecule has 6 heterocycles. The third-order valence-electron chi connectivity index (χ3n) is 15.5. The third kappa shape index (κ3) is 9.51. The molecule has 6 aliphatic rings. The van der Waals surface area contributed by atoms with Gasteiger partial charge in [-0.3, -0.25) is 39.2 Å². The van der Waals surface area contributed by atoms with E-state index in [1.807, 2.05) is 24.1 Å². The summed E-state index contributed by atoms with van der Waals surface area (Å²) in [6.45, 7) is 9.27. The van der Waals surface area contributed by atoms with E-state index in [1.54, 1.807) is 45.2 Å². The Labute approximate surface area is 415 Å². The molecular weight excluding hydrogens is 934 g/mol. The smallest absolute Gasteiger partial charge is 0.416 e. The molecule has 0 radical (unpaired) electrons. The zero-order chi connectivity index (χ0) is 50.8. The van der Waals surface area contributed by atoms with E-state index in [0.29, 0.717) is 81.7 Å². The Morgan fingerprint density at radius 1 is 1.01 bits per heavy atom. The van der Waals surface area contributed by atoms with Crippen LogP contribution in [0.1, 0.15) is 84.4 Å². The summed E-state index contributed by atoms with van der Waals surface area (Å²) in [6, 6.07) is 12.0. The van der Waals surface area contributed by atoms with E-state index in [-0.39, 0.29) is 54.2 Å². The van der Waals surface area contributed by atoms with E-state index < -0.39 is 29.7 Å². The molecule has 4 amide bonds.